The molecule has 2 amide bonds. The number of carbonyl (C=O) groups is 2. The molecule has 172 valence electrons. The average Bonchev–Trinajstić information content (AvgIpc) is 2.76. The largest absolute Gasteiger partial charge is 0.493 e. The number of aliphatic hydroxyl groups is 1. The minimum Gasteiger partial charge on any atom is -0.493 e. The monoisotopic (exact) mass is 454 g/mol. The highest BCUT2D eigenvalue weighted by molar-refractivity contribution is 6.00. The number of nitrogens with one attached hydrogen (secondary N) is 2. The minimum atomic E-state index is -5.36. The molecule has 0 saturated carbocycles. The number of methoxy groups -OCH3 is 3. The number of rotatable bonds is 6. The van der Waals surface area contributed by atoms with Gasteiger partial charge in [-0.1, -0.05) is 30.3 Å². The van der Waals surface area contributed by atoms with Gasteiger partial charge in [-0.25, -0.2) is 4.79 Å². The first-order valence-electron chi connectivity index (χ1n) is 9.34. The molecule has 0 unspecified atom stereocenters. The molecule has 0 bridgehead atoms. The third-order valence-electron chi connectivity index (χ3n) is 5.19. The van der Waals surface area contributed by atoms with Crippen LogP contribution < -0.4 is 24.8 Å². The SMILES string of the molecule is COc1cc([C@H]2NC(=O)N[C@@](O)(C(F)(F)F)[C@H]2C(=O)c2ccccc2)cc(OC)c1OC. The molecule has 11 heteroatoms. The minimum absolute atomic E-state index is 0.0336. The molecule has 3 atom stereocenters. The Hall–Kier alpha value is -3.47. The molecule has 3 N–H and O–H groups in total. The standard InChI is InChI=1S/C21H21F3N2O6/c1-30-13-9-12(10-14(31-2)18(13)32-3)16-15(17(27)11-7-5-4-6-8-11)20(29,21(22,23)24)26-19(28)25-16/h4-10,15-16,29H,1-3H3,(H2,25,26,28)/t15-,16-,20+/m1/s1. The van der Waals surface area contributed by atoms with Crippen LogP contribution in [0.25, 0.3) is 0 Å². The van der Waals surface area contributed by atoms with Crippen molar-refractivity contribution in [2.75, 3.05) is 21.3 Å². The number of ether oxygens (including phenoxy) is 3. The van der Waals surface area contributed by atoms with Gasteiger partial charge in [-0.2, -0.15) is 13.2 Å². The summed E-state index contributed by atoms with van der Waals surface area (Å²) in [4.78, 5) is 25.4. The van der Waals surface area contributed by atoms with E-state index in [0.29, 0.717) is 0 Å². The van der Waals surface area contributed by atoms with Gasteiger partial charge in [-0.05, 0) is 17.7 Å². The van der Waals surface area contributed by atoms with Crippen molar-refractivity contribution in [3.05, 3.63) is 53.6 Å². The van der Waals surface area contributed by atoms with E-state index >= 15 is 0 Å². The van der Waals surface area contributed by atoms with Gasteiger partial charge in [-0.15, -0.1) is 0 Å². The topological polar surface area (TPSA) is 106 Å². The molecule has 0 spiro atoms. The normalized spacial score (nSPS) is 23.0. The zero-order valence-electron chi connectivity index (χ0n) is 17.3. The fraction of sp³-hybridized carbons (Fsp3) is 0.333. The zero-order chi connectivity index (χ0) is 23.7. The van der Waals surface area contributed by atoms with E-state index in [9.17, 15) is 27.9 Å². The van der Waals surface area contributed by atoms with Crippen LogP contribution in [0, 0.1) is 5.92 Å². The molecule has 0 aliphatic carbocycles. The molecular weight excluding hydrogens is 433 g/mol. The molecule has 0 radical (unpaired) electrons. The number of amides is 2. The van der Waals surface area contributed by atoms with Gasteiger partial charge in [-0.3, -0.25) is 4.79 Å². The van der Waals surface area contributed by atoms with Crippen molar-refractivity contribution in [2.24, 2.45) is 5.92 Å². The lowest BCUT2D eigenvalue weighted by Crippen LogP contribution is -2.72. The van der Waals surface area contributed by atoms with E-state index in [2.05, 4.69) is 5.32 Å². The van der Waals surface area contributed by atoms with E-state index in [1.54, 1.807) is 6.07 Å². The first-order valence-corrected chi connectivity index (χ1v) is 9.34. The lowest BCUT2D eigenvalue weighted by Gasteiger charge is -2.45. The molecule has 1 aliphatic heterocycles. The smallest absolute Gasteiger partial charge is 0.437 e. The van der Waals surface area contributed by atoms with Crippen LogP contribution in [0.5, 0.6) is 17.2 Å². The van der Waals surface area contributed by atoms with Crippen molar-refractivity contribution >= 4 is 11.8 Å². The van der Waals surface area contributed by atoms with Crippen LogP contribution in [0.1, 0.15) is 22.0 Å². The average molecular weight is 454 g/mol. The molecule has 1 heterocycles. The van der Waals surface area contributed by atoms with Crippen molar-refractivity contribution < 1.29 is 42.1 Å². The van der Waals surface area contributed by atoms with Crippen LogP contribution in [-0.4, -0.2) is 50.2 Å². The number of halogens is 3. The molecule has 1 saturated heterocycles. The van der Waals surface area contributed by atoms with Gasteiger partial charge in [0.05, 0.1) is 27.4 Å². The molecule has 1 fully saturated rings. The summed E-state index contributed by atoms with van der Waals surface area (Å²) in [6.45, 7) is 0. The van der Waals surface area contributed by atoms with Gasteiger partial charge < -0.3 is 30.0 Å². The second-order valence-corrected chi connectivity index (χ2v) is 7.01. The summed E-state index contributed by atoms with van der Waals surface area (Å²) in [5, 5.41) is 14.5. The van der Waals surface area contributed by atoms with E-state index in [1.165, 1.54) is 63.0 Å². The van der Waals surface area contributed by atoms with Crippen molar-refractivity contribution in [1.29, 1.82) is 0 Å². The third-order valence-corrected chi connectivity index (χ3v) is 5.19. The summed E-state index contributed by atoms with van der Waals surface area (Å²) >= 11 is 0. The molecule has 1 aliphatic rings. The number of benzene rings is 2. The van der Waals surface area contributed by atoms with Gasteiger partial charge in [0.25, 0.3) is 0 Å². The number of alkyl halides is 3. The number of urea groups is 1. The molecule has 2 aromatic carbocycles. The molecule has 2 aromatic rings. The van der Waals surface area contributed by atoms with E-state index in [4.69, 9.17) is 14.2 Å². The highest BCUT2D eigenvalue weighted by atomic mass is 19.4. The Morgan fingerprint density at radius 3 is 2.06 bits per heavy atom. The Labute approximate surface area is 181 Å². The summed E-state index contributed by atoms with van der Waals surface area (Å²) in [6.07, 6.45) is -5.36. The van der Waals surface area contributed by atoms with Gasteiger partial charge in [0, 0.05) is 5.56 Å². The van der Waals surface area contributed by atoms with Crippen LogP contribution in [0.2, 0.25) is 0 Å². The predicted octanol–water partition coefficient (Wildman–Crippen LogP) is 2.82. The van der Waals surface area contributed by atoms with Crippen molar-refractivity contribution in [3.8, 4) is 17.2 Å². The number of carbonyl (C=O) groups excluding carboxylic acids is 2. The highest BCUT2D eigenvalue weighted by Gasteiger charge is 2.66. The van der Waals surface area contributed by atoms with Crippen LogP contribution in [-0.2, 0) is 0 Å². The second kappa shape index (κ2) is 8.58. The fourth-order valence-electron chi connectivity index (χ4n) is 3.68. The highest BCUT2D eigenvalue weighted by Crippen LogP contribution is 2.47. The van der Waals surface area contributed by atoms with Crippen LogP contribution in [0.4, 0.5) is 18.0 Å². The Morgan fingerprint density at radius 1 is 1.03 bits per heavy atom. The summed E-state index contributed by atoms with van der Waals surface area (Å²) in [6, 6.07) is 6.90. The van der Waals surface area contributed by atoms with Gasteiger partial charge in [0.15, 0.2) is 17.3 Å². The Balaban J connectivity index is 2.24. The van der Waals surface area contributed by atoms with Crippen LogP contribution in [0.15, 0.2) is 42.5 Å². The van der Waals surface area contributed by atoms with Crippen molar-refractivity contribution in [3.63, 3.8) is 0 Å². The van der Waals surface area contributed by atoms with Gasteiger partial charge in [0.2, 0.25) is 11.5 Å². The summed E-state index contributed by atoms with van der Waals surface area (Å²) in [5.74, 6) is -2.86. The predicted molar refractivity (Wildman–Crippen MR) is 106 cm³/mol. The maximum atomic E-state index is 14.0. The van der Waals surface area contributed by atoms with Crippen molar-refractivity contribution in [1.82, 2.24) is 10.6 Å². The first kappa shape index (κ1) is 23.2. The quantitative estimate of drug-likeness (QED) is 0.580. The molecule has 8 nitrogen and oxygen atoms in total. The lowest BCUT2D eigenvalue weighted by atomic mass is 9.77. The number of ketones is 1. The molecule has 3 rings (SSSR count). The number of hydrogen-bond acceptors (Lipinski definition) is 6. The lowest BCUT2D eigenvalue weighted by molar-refractivity contribution is -0.287. The Bertz CT molecular complexity index is 989. The second-order valence-electron chi connectivity index (χ2n) is 7.01. The maximum absolute atomic E-state index is 14.0. The summed E-state index contributed by atoms with van der Waals surface area (Å²) < 4.78 is 57.7. The van der Waals surface area contributed by atoms with E-state index in [0.717, 1.165) is 0 Å². The summed E-state index contributed by atoms with van der Waals surface area (Å²) in [5.41, 5.74) is -3.88. The molecular formula is C21H21F3N2O6. The summed E-state index contributed by atoms with van der Waals surface area (Å²) in [7, 11) is 3.96. The zero-order valence-corrected chi connectivity index (χ0v) is 17.3. The maximum Gasteiger partial charge on any atom is 0.437 e. The van der Waals surface area contributed by atoms with Gasteiger partial charge in [0.1, 0.15) is 5.92 Å². The number of hydrogen-bond donors (Lipinski definition) is 3. The van der Waals surface area contributed by atoms with Crippen molar-refractivity contribution in [2.45, 2.75) is 17.9 Å². The van der Waals surface area contributed by atoms with Gasteiger partial charge >= 0.3 is 12.2 Å². The third kappa shape index (κ3) is 3.91. The van der Waals surface area contributed by atoms with E-state index in [1.807, 2.05) is 0 Å². The molecule has 32 heavy (non-hydrogen) atoms. The van der Waals surface area contributed by atoms with Crippen LogP contribution in [0.3, 0.4) is 0 Å². The Morgan fingerprint density at radius 2 is 1.59 bits per heavy atom. The molecule has 0 aromatic heterocycles. The number of Topliss-reactive ketones (excluding diaryl/α,β-unsaturated/α-hetero) is 1. The van der Waals surface area contributed by atoms with Crippen LogP contribution >= 0.6 is 0 Å². The Kier molecular flexibility index (Phi) is 6.22. The fourth-order valence-corrected chi connectivity index (χ4v) is 3.68. The van der Waals surface area contributed by atoms with E-state index in [-0.39, 0.29) is 28.4 Å². The first-order chi connectivity index (χ1) is 15.1. The van der Waals surface area contributed by atoms with E-state index < -0.39 is 35.7 Å².